The van der Waals surface area contributed by atoms with E-state index in [0.717, 1.165) is 21.1 Å². The van der Waals surface area contributed by atoms with Gasteiger partial charge in [0, 0.05) is 15.9 Å². The second-order valence-electron chi connectivity index (χ2n) is 12.9. The quantitative estimate of drug-likeness (QED) is 0.158. The lowest BCUT2D eigenvalue weighted by atomic mass is 9.64. The van der Waals surface area contributed by atoms with Gasteiger partial charge in [-0.1, -0.05) is 189 Å². The molecule has 236 valence electrons. The summed E-state index contributed by atoms with van der Waals surface area (Å²) in [6.07, 6.45) is 6.42. The minimum absolute atomic E-state index is 0.0522. The molecule has 0 amide bonds. The van der Waals surface area contributed by atoms with Crippen LogP contribution in [-0.2, 0) is 9.98 Å². The van der Waals surface area contributed by atoms with Crippen molar-refractivity contribution in [2.75, 3.05) is 0 Å². The Morgan fingerprint density at radius 1 is 0.551 bits per heavy atom. The topological polar surface area (TPSA) is 17.1 Å². The molecule has 8 rings (SSSR count). The number of fused-ring (bicyclic) bond motifs is 4. The van der Waals surface area contributed by atoms with E-state index in [4.69, 9.17) is 0 Å². The number of rotatable bonds is 7. The summed E-state index contributed by atoms with van der Waals surface area (Å²) < 4.78 is 15.3. The first kappa shape index (κ1) is 30.8. The normalized spacial score (nSPS) is 14.7. The van der Waals surface area contributed by atoms with Crippen molar-refractivity contribution in [2.24, 2.45) is 5.92 Å². The maximum atomic E-state index is 15.3. The van der Waals surface area contributed by atoms with Crippen LogP contribution in [0.2, 0.25) is 0 Å². The van der Waals surface area contributed by atoms with Crippen molar-refractivity contribution in [2.45, 2.75) is 12.3 Å². The van der Waals surface area contributed by atoms with Crippen LogP contribution in [0, 0.1) is 5.92 Å². The highest BCUT2D eigenvalue weighted by Gasteiger charge is 2.47. The van der Waals surface area contributed by atoms with Crippen molar-refractivity contribution in [3.63, 3.8) is 0 Å². The SMILES string of the molecule is C=C/C=c1/cc2ccccc2c/c1=C/C(C)C1(c2ccc(P(=O)(c3ccccc3)c3ccccc3)cc2)c2ccccc2-c2ccccc21. The summed E-state index contributed by atoms with van der Waals surface area (Å²) in [6.45, 7) is 6.38. The smallest absolute Gasteiger partial charge is 0.171 e. The first-order chi connectivity index (χ1) is 24.0. The molecule has 0 aliphatic heterocycles. The molecule has 0 bridgehead atoms. The summed E-state index contributed by atoms with van der Waals surface area (Å²) in [7, 11) is -3.12. The molecule has 0 saturated carbocycles. The molecule has 0 N–H and O–H groups in total. The van der Waals surface area contributed by atoms with Crippen molar-refractivity contribution < 1.29 is 4.57 Å². The maximum Gasteiger partial charge on any atom is 0.171 e. The Kier molecular flexibility index (Phi) is 7.87. The average molecular weight is 649 g/mol. The monoisotopic (exact) mass is 648 g/mol. The molecular formula is C47H37OP. The van der Waals surface area contributed by atoms with Gasteiger partial charge < -0.3 is 4.57 Å². The second kappa shape index (κ2) is 12.5. The standard InChI is InChI=1S/C47H37OP/c1-3-16-35-32-36-17-10-11-18-37(36)33-38(35)31-34(2)47(45-25-14-12-23-43(45)44-24-13-15-26-46(44)47)39-27-29-42(30-28-39)49(48,40-19-6-4-7-20-40)41-21-8-5-9-22-41/h3-34H,1H2,2H3/b35-16-,38-31-. The van der Waals surface area contributed by atoms with Crippen LogP contribution in [0.15, 0.2) is 183 Å². The summed E-state index contributed by atoms with van der Waals surface area (Å²) in [4.78, 5) is 0. The Hall–Kier alpha value is -5.49. The summed E-state index contributed by atoms with van der Waals surface area (Å²) in [5, 5.41) is 7.26. The molecule has 0 aromatic heterocycles. The third kappa shape index (κ3) is 4.97. The minimum Gasteiger partial charge on any atom is -0.309 e. The molecule has 0 radical (unpaired) electrons. The molecular weight excluding hydrogens is 611 g/mol. The van der Waals surface area contributed by atoms with Crippen molar-refractivity contribution in [3.05, 3.63) is 210 Å². The van der Waals surface area contributed by atoms with Gasteiger partial charge in [0.05, 0.1) is 5.41 Å². The van der Waals surface area contributed by atoms with Crippen LogP contribution >= 0.6 is 7.14 Å². The third-order valence-electron chi connectivity index (χ3n) is 10.3. The van der Waals surface area contributed by atoms with Gasteiger partial charge >= 0.3 is 0 Å². The van der Waals surface area contributed by atoms with E-state index in [1.54, 1.807) is 0 Å². The zero-order chi connectivity index (χ0) is 33.4. The van der Waals surface area contributed by atoms with Crippen LogP contribution in [0.25, 0.3) is 34.1 Å². The second-order valence-corrected chi connectivity index (χ2v) is 15.7. The Balaban J connectivity index is 1.38. The van der Waals surface area contributed by atoms with E-state index in [2.05, 4.69) is 135 Å². The highest BCUT2D eigenvalue weighted by atomic mass is 31.2. The molecule has 0 saturated heterocycles. The fraction of sp³-hybridized carbons (Fsp3) is 0.0638. The van der Waals surface area contributed by atoms with E-state index in [0.29, 0.717) is 0 Å². The van der Waals surface area contributed by atoms with Gasteiger partial charge in [0.2, 0.25) is 0 Å². The van der Waals surface area contributed by atoms with E-state index >= 15 is 4.57 Å². The van der Waals surface area contributed by atoms with Crippen molar-refractivity contribution in [3.8, 4) is 11.1 Å². The van der Waals surface area contributed by atoms with Crippen LogP contribution in [0.1, 0.15) is 23.6 Å². The lowest BCUT2D eigenvalue weighted by Crippen LogP contribution is -2.36. The molecule has 7 aromatic rings. The van der Waals surface area contributed by atoms with Gasteiger partial charge in [0.25, 0.3) is 0 Å². The van der Waals surface area contributed by atoms with Crippen molar-refractivity contribution in [1.29, 1.82) is 0 Å². The van der Waals surface area contributed by atoms with E-state index in [1.165, 1.54) is 43.8 Å². The van der Waals surface area contributed by atoms with Crippen LogP contribution in [0.4, 0.5) is 0 Å². The number of hydrogen-bond donors (Lipinski definition) is 0. The molecule has 0 heterocycles. The minimum atomic E-state index is -3.12. The van der Waals surface area contributed by atoms with E-state index < -0.39 is 12.6 Å². The molecule has 0 fully saturated rings. The molecule has 49 heavy (non-hydrogen) atoms. The van der Waals surface area contributed by atoms with Crippen LogP contribution in [0.5, 0.6) is 0 Å². The molecule has 1 nitrogen and oxygen atoms in total. The van der Waals surface area contributed by atoms with Crippen LogP contribution in [0.3, 0.4) is 0 Å². The number of hydrogen-bond acceptors (Lipinski definition) is 1. The number of benzene rings is 7. The Morgan fingerprint density at radius 2 is 1.00 bits per heavy atom. The van der Waals surface area contributed by atoms with Crippen LogP contribution < -0.4 is 26.4 Å². The lowest BCUT2D eigenvalue weighted by molar-refractivity contribution is 0.515. The highest BCUT2D eigenvalue weighted by molar-refractivity contribution is 7.85. The van der Waals surface area contributed by atoms with Gasteiger partial charge in [-0.2, -0.15) is 0 Å². The van der Waals surface area contributed by atoms with Crippen molar-refractivity contribution >= 4 is 46.0 Å². The Labute approximate surface area is 288 Å². The maximum absolute atomic E-state index is 15.3. The summed E-state index contributed by atoms with van der Waals surface area (Å²) in [6, 6.07) is 59.3. The average Bonchev–Trinajstić information content (AvgIpc) is 3.47. The van der Waals surface area contributed by atoms with Crippen molar-refractivity contribution in [1.82, 2.24) is 0 Å². The van der Waals surface area contributed by atoms with E-state index in [9.17, 15) is 0 Å². The Morgan fingerprint density at radius 3 is 1.53 bits per heavy atom. The Bertz CT molecular complexity index is 2410. The first-order valence-electron chi connectivity index (χ1n) is 16.9. The molecule has 7 aromatic carbocycles. The predicted molar refractivity (Wildman–Crippen MR) is 209 cm³/mol. The van der Waals surface area contributed by atoms with E-state index in [-0.39, 0.29) is 5.92 Å². The van der Waals surface area contributed by atoms with E-state index in [1.807, 2.05) is 66.7 Å². The summed E-state index contributed by atoms with van der Waals surface area (Å²) >= 11 is 0. The zero-order valence-corrected chi connectivity index (χ0v) is 28.4. The fourth-order valence-corrected chi connectivity index (χ4v) is 10.7. The molecule has 1 aliphatic carbocycles. The fourth-order valence-electron chi connectivity index (χ4n) is 8.08. The van der Waals surface area contributed by atoms with Crippen LogP contribution in [-0.4, -0.2) is 0 Å². The van der Waals surface area contributed by atoms with Gasteiger partial charge in [0.15, 0.2) is 7.14 Å². The predicted octanol–water partition coefficient (Wildman–Crippen LogP) is 8.88. The van der Waals surface area contributed by atoms with Gasteiger partial charge in [-0.15, -0.1) is 0 Å². The lowest BCUT2D eigenvalue weighted by Gasteiger charge is -2.38. The molecule has 1 atom stereocenters. The largest absolute Gasteiger partial charge is 0.309 e. The molecule has 2 heteroatoms. The van der Waals surface area contributed by atoms with Gasteiger partial charge in [-0.3, -0.25) is 0 Å². The third-order valence-corrected chi connectivity index (χ3v) is 13.4. The zero-order valence-electron chi connectivity index (χ0n) is 27.5. The van der Waals surface area contributed by atoms with Gasteiger partial charge in [-0.05, 0) is 67.1 Å². The summed E-state index contributed by atoms with van der Waals surface area (Å²) in [5.74, 6) is 0.0522. The molecule has 1 aliphatic rings. The number of allylic oxidation sites excluding steroid dienone is 1. The molecule has 1 unspecified atom stereocenters. The highest BCUT2D eigenvalue weighted by Crippen LogP contribution is 2.56. The van der Waals surface area contributed by atoms with Gasteiger partial charge in [-0.25, -0.2) is 0 Å². The molecule has 0 spiro atoms. The first-order valence-corrected chi connectivity index (χ1v) is 18.6. The summed E-state index contributed by atoms with van der Waals surface area (Å²) in [5.41, 5.74) is 5.80. The van der Waals surface area contributed by atoms with Gasteiger partial charge in [0.1, 0.15) is 0 Å².